The van der Waals surface area contributed by atoms with Crippen LogP contribution in [0.3, 0.4) is 0 Å². The molecule has 1 aliphatic rings. The average molecular weight is 375 g/mol. The van der Waals surface area contributed by atoms with Crippen LogP contribution in [0.5, 0.6) is 11.5 Å². The van der Waals surface area contributed by atoms with Gasteiger partial charge in [0.2, 0.25) is 5.78 Å². The number of ketones is 1. The Balaban J connectivity index is 1.62. The maximum absolute atomic E-state index is 13.3. The molecule has 1 aliphatic heterocycles. The molecule has 2 heterocycles. The quantitative estimate of drug-likeness (QED) is 0.386. The number of carbonyl (C=O) groups excluding carboxylic acids is 2. The van der Waals surface area contributed by atoms with Crippen LogP contribution in [-0.2, 0) is 0 Å². The molecule has 0 unspecified atom stereocenters. The molecular formula is C22H14FNO4. The Morgan fingerprint density at radius 2 is 2.04 bits per heavy atom. The monoisotopic (exact) mass is 375 g/mol. The van der Waals surface area contributed by atoms with Gasteiger partial charge < -0.3 is 9.47 Å². The van der Waals surface area contributed by atoms with Gasteiger partial charge in [-0.1, -0.05) is 12.1 Å². The Morgan fingerprint density at radius 3 is 2.79 bits per heavy atom. The lowest BCUT2D eigenvalue weighted by Crippen LogP contribution is -2.09. The minimum Gasteiger partial charge on any atom is -0.452 e. The fourth-order valence-corrected chi connectivity index (χ4v) is 2.87. The third-order valence-corrected chi connectivity index (χ3v) is 4.28. The highest BCUT2D eigenvalue weighted by Crippen LogP contribution is 2.39. The van der Waals surface area contributed by atoms with E-state index < -0.39 is 11.8 Å². The van der Waals surface area contributed by atoms with Gasteiger partial charge in [-0.25, -0.2) is 9.18 Å². The summed E-state index contributed by atoms with van der Waals surface area (Å²) in [4.78, 5) is 28.9. The largest absolute Gasteiger partial charge is 0.452 e. The van der Waals surface area contributed by atoms with Crippen LogP contribution < -0.4 is 9.47 Å². The average Bonchev–Trinajstić information content (AvgIpc) is 3.01. The molecule has 0 fully saturated rings. The number of hydrogen-bond donors (Lipinski definition) is 0. The molecule has 138 valence electrons. The van der Waals surface area contributed by atoms with Crippen molar-refractivity contribution in [1.82, 2.24) is 4.98 Å². The molecule has 0 radical (unpaired) electrons. The summed E-state index contributed by atoms with van der Waals surface area (Å²) in [6.07, 6.45) is 4.86. The summed E-state index contributed by atoms with van der Waals surface area (Å²) < 4.78 is 24.4. The van der Waals surface area contributed by atoms with Crippen molar-refractivity contribution >= 4 is 17.8 Å². The number of benzene rings is 2. The van der Waals surface area contributed by atoms with Crippen LogP contribution in [-0.4, -0.2) is 16.7 Å². The van der Waals surface area contributed by atoms with Crippen molar-refractivity contribution < 1.29 is 23.5 Å². The Kier molecular flexibility index (Phi) is 4.45. The maximum Gasteiger partial charge on any atom is 0.343 e. The van der Waals surface area contributed by atoms with Crippen LogP contribution >= 0.6 is 0 Å². The lowest BCUT2D eigenvalue weighted by Gasteiger charge is -2.10. The smallest absolute Gasteiger partial charge is 0.343 e. The van der Waals surface area contributed by atoms with E-state index in [9.17, 15) is 14.0 Å². The Morgan fingerprint density at radius 1 is 1.18 bits per heavy atom. The number of pyridine rings is 1. The Bertz CT molecular complexity index is 1120. The molecule has 0 atom stereocenters. The molecule has 0 N–H and O–H groups in total. The topological polar surface area (TPSA) is 65.5 Å². The van der Waals surface area contributed by atoms with Gasteiger partial charge >= 0.3 is 5.97 Å². The molecule has 0 bridgehead atoms. The molecular weight excluding hydrogens is 361 g/mol. The van der Waals surface area contributed by atoms with E-state index >= 15 is 0 Å². The fourth-order valence-electron chi connectivity index (χ4n) is 2.87. The fraction of sp³-hybridized carbons (Fsp3) is 0.0455. The van der Waals surface area contributed by atoms with Crippen molar-refractivity contribution in [3.63, 3.8) is 0 Å². The van der Waals surface area contributed by atoms with Gasteiger partial charge in [-0.2, -0.15) is 0 Å². The van der Waals surface area contributed by atoms with E-state index in [4.69, 9.17) is 9.47 Å². The first kappa shape index (κ1) is 17.6. The van der Waals surface area contributed by atoms with E-state index in [1.165, 1.54) is 24.3 Å². The summed E-state index contributed by atoms with van der Waals surface area (Å²) in [5.41, 5.74) is 1.71. The van der Waals surface area contributed by atoms with Crippen LogP contribution in [0.15, 0.2) is 66.7 Å². The van der Waals surface area contributed by atoms with Gasteiger partial charge in [-0.3, -0.25) is 9.78 Å². The lowest BCUT2D eigenvalue weighted by molar-refractivity contribution is 0.0732. The second-order valence-corrected chi connectivity index (χ2v) is 6.19. The molecule has 6 heteroatoms. The minimum atomic E-state index is -0.696. The number of aromatic nitrogens is 1. The molecule has 28 heavy (non-hydrogen) atoms. The van der Waals surface area contributed by atoms with Crippen molar-refractivity contribution in [2.24, 2.45) is 0 Å². The second-order valence-electron chi connectivity index (χ2n) is 6.19. The Labute approximate surface area is 160 Å². The molecule has 0 aliphatic carbocycles. The number of allylic oxidation sites excluding steroid dienone is 1. The van der Waals surface area contributed by atoms with E-state index in [1.807, 2.05) is 0 Å². The zero-order valence-electron chi connectivity index (χ0n) is 14.8. The molecule has 3 aromatic rings. The van der Waals surface area contributed by atoms with Crippen LogP contribution in [0.25, 0.3) is 6.08 Å². The molecule has 4 rings (SSSR count). The van der Waals surface area contributed by atoms with Gasteiger partial charge in [-0.05, 0) is 55.0 Å². The molecule has 0 saturated carbocycles. The van der Waals surface area contributed by atoms with Crippen molar-refractivity contribution in [3.05, 3.63) is 94.8 Å². The number of hydrogen-bond acceptors (Lipinski definition) is 5. The number of halogens is 1. The molecule has 2 aromatic carbocycles. The van der Waals surface area contributed by atoms with Gasteiger partial charge in [0.15, 0.2) is 5.76 Å². The summed E-state index contributed by atoms with van der Waals surface area (Å²) in [6.45, 7) is 1.69. The van der Waals surface area contributed by atoms with Crippen LogP contribution in [0, 0.1) is 12.7 Å². The highest BCUT2D eigenvalue weighted by atomic mass is 19.1. The van der Waals surface area contributed by atoms with Gasteiger partial charge in [0.25, 0.3) is 0 Å². The van der Waals surface area contributed by atoms with E-state index in [2.05, 4.69) is 4.98 Å². The number of fused-ring (bicyclic) bond motifs is 1. The van der Waals surface area contributed by atoms with Crippen molar-refractivity contribution in [1.29, 1.82) is 0 Å². The molecule has 1 aromatic heterocycles. The zero-order valence-corrected chi connectivity index (χ0v) is 14.8. The molecule has 0 amide bonds. The number of Topliss-reactive ketones (excluding diaryl/α,β-unsaturated/α-hetero) is 1. The first-order valence-corrected chi connectivity index (χ1v) is 8.48. The first-order valence-electron chi connectivity index (χ1n) is 8.48. The standard InChI is InChI=1S/C22H14FNO4/c1-13-18(28-22(26)15-5-2-6-16(23)11-15)8-7-17-20(25)19(27-21(13)17)10-14-4-3-9-24-12-14/h2-12H,1H3/b19-10-. The normalized spacial score (nSPS) is 13.9. The summed E-state index contributed by atoms with van der Waals surface area (Å²) >= 11 is 0. The first-order chi connectivity index (χ1) is 13.5. The van der Waals surface area contributed by atoms with E-state index in [1.54, 1.807) is 43.6 Å². The summed E-state index contributed by atoms with van der Waals surface area (Å²) in [6, 6.07) is 11.9. The van der Waals surface area contributed by atoms with Crippen LogP contribution in [0.2, 0.25) is 0 Å². The predicted octanol–water partition coefficient (Wildman–Crippen LogP) is 4.36. The van der Waals surface area contributed by atoms with E-state index in [0.29, 0.717) is 16.9 Å². The van der Waals surface area contributed by atoms with E-state index in [0.717, 1.165) is 11.6 Å². The third kappa shape index (κ3) is 3.27. The number of esters is 1. The summed E-state index contributed by atoms with van der Waals surface area (Å²) in [5, 5.41) is 0. The van der Waals surface area contributed by atoms with Crippen LogP contribution in [0.1, 0.15) is 31.8 Å². The summed E-state index contributed by atoms with van der Waals surface area (Å²) in [5.74, 6) is -0.741. The SMILES string of the molecule is Cc1c(OC(=O)c2cccc(F)c2)ccc2c1O/C(=C\c1cccnc1)C2=O. The third-order valence-electron chi connectivity index (χ3n) is 4.28. The Hall–Kier alpha value is -3.80. The summed E-state index contributed by atoms with van der Waals surface area (Å²) in [7, 11) is 0. The number of rotatable bonds is 3. The maximum atomic E-state index is 13.3. The molecule has 0 spiro atoms. The van der Waals surface area contributed by atoms with Gasteiger partial charge in [0.1, 0.15) is 17.3 Å². The zero-order chi connectivity index (χ0) is 19.7. The molecule has 0 saturated heterocycles. The highest BCUT2D eigenvalue weighted by molar-refractivity contribution is 6.15. The van der Waals surface area contributed by atoms with Gasteiger partial charge in [0.05, 0.1) is 11.1 Å². The number of carbonyl (C=O) groups is 2. The second kappa shape index (κ2) is 7.08. The molecule has 5 nitrogen and oxygen atoms in total. The van der Waals surface area contributed by atoms with E-state index in [-0.39, 0.29) is 22.9 Å². The minimum absolute atomic E-state index is 0.0917. The highest BCUT2D eigenvalue weighted by Gasteiger charge is 2.30. The van der Waals surface area contributed by atoms with Gasteiger partial charge in [0, 0.05) is 18.0 Å². The number of nitrogens with zero attached hydrogens (tertiary/aromatic N) is 1. The lowest BCUT2D eigenvalue weighted by atomic mass is 10.1. The van der Waals surface area contributed by atoms with Crippen molar-refractivity contribution in [3.8, 4) is 11.5 Å². The van der Waals surface area contributed by atoms with Crippen molar-refractivity contribution in [2.75, 3.05) is 0 Å². The number of ether oxygens (including phenoxy) is 2. The van der Waals surface area contributed by atoms with Crippen molar-refractivity contribution in [2.45, 2.75) is 6.92 Å². The predicted molar refractivity (Wildman–Crippen MR) is 99.7 cm³/mol. The van der Waals surface area contributed by atoms with Gasteiger partial charge in [-0.15, -0.1) is 0 Å². The van der Waals surface area contributed by atoms with Crippen LogP contribution in [0.4, 0.5) is 4.39 Å².